The predicted octanol–water partition coefficient (Wildman–Crippen LogP) is 1.30. The van der Waals surface area contributed by atoms with Crippen LogP contribution in [0.1, 0.15) is 31.2 Å². The number of alkyl carbamates (subject to hydrolysis) is 1. The van der Waals surface area contributed by atoms with Gasteiger partial charge in [0.15, 0.2) is 0 Å². The summed E-state index contributed by atoms with van der Waals surface area (Å²) in [6.45, 7) is 0.192. The van der Waals surface area contributed by atoms with E-state index in [9.17, 15) is 24.3 Å². The highest BCUT2D eigenvalue weighted by Crippen LogP contribution is 2.13. The number of carboxylic acid groups (broad SMARTS) is 1. The molecule has 1 heterocycles. The molecule has 8 nitrogen and oxygen atoms in total. The smallest absolute Gasteiger partial charge is 0.408 e. The van der Waals surface area contributed by atoms with Gasteiger partial charge in [-0.1, -0.05) is 30.3 Å². The van der Waals surface area contributed by atoms with Gasteiger partial charge in [-0.25, -0.2) is 9.59 Å². The fraction of sp³-hybridized carbons (Fsp3) is 0.412. The summed E-state index contributed by atoms with van der Waals surface area (Å²) in [7, 11) is 0. The summed E-state index contributed by atoms with van der Waals surface area (Å²) in [5, 5.41) is 11.5. The molecular formula is C17H20N2O6. The minimum Gasteiger partial charge on any atom is -0.480 e. The number of carbonyl (C=O) groups excluding carboxylic acids is 3. The maximum atomic E-state index is 11.7. The van der Waals surface area contributed by atoms with E-state index < -0.39 is 18.1 Å². The number of hydrogen-bond donors (Lipinski definition) is 2. The number of nitrogens with one attached hydrogen (secondary N) is 1. The third kappa shape index (κ3) is 5.59. The standard InChI is InChI=1S/C17H20N2O6/c20-14-8-9-15(21)19(14)10-4-7-13(16(22)23)18-17(24)25-11-12-5-2-1-3-6-12/h1-3,5-6,13H,4,7-11H2,(H,18,24)(H,22,23)/t13-/m0/s1. The number of imide groups is 1. The van der Waals surface area contributed by atoms with Gasteiger partial charge < -0.3 is 15.2 Å². The highest BCUT2D eigenvalue weighted by atomic mass is 16.5. The summed E-state index contributed by atoms with van der Waals surface area (Å²) in [5.41, 5.74) is 0.788. The van der Waals surface area contributed by atoms with Gasteiger partial charge in [-0.3, -0.25) is 14.5 Å². The van der Waals surface area contributed by atoms with Gasteiger partial charge in [0.25, 0.3) is 0 Å². The Bertz CT molecular complexity index is 630. The van der Waals surface area contributed by atoms with E-state index in [2.05, 4.69) is 5.32 Å². The SMILES string of the molecule is O=C(N[C@@H](CCCN1C(=O)CCC1=O)C(=O)O)OCc1ccccc1. The van der Waals surface area contributed by atoms with Gasteiger partial charge in [-0.05, 0) is 18.4 Å². The molecule has 134 valence electrons. The van der Waals surface area contributed by atoms with Crippen LogP contribution in [0.5, 0.6) is 0 Å². The number of aliphatic carboxylic acids is 1. The lowest BCUT2D eigenvalue weighted by atomic mass is 10.1. The first kappa shape index (κ1) is 18.4. The van der Waals surface area contributed by atoms with Crippen LogP contribution >= 0.6 is 0 Å². The first-order valence-corrected chi connectivity index (χ1v) is 8.00. The Morgan fingerprint density at radius 3 is 2.40 bits per heavy atom. The van der Waals surface area contributed by atoms with E-state index in [4.69, 9.17) is 4.74 Å². The lowest BCUT2D eigenvalue weighted by Crippen LogP contribution is -2.41. The van der Waals surface area contributed by atoms with Crippen LogP contribution in [-0.2, 0) is 25.7 Å². The molecule has 1 atom stereocenters. The molecule has 25 heavy (non-hydrogen) atoms. The number of rotatable bonds is 8. The maximum Gasteiger partial charge on any atom is 0.408 e. The van der Waals surface area contributed by atoms with Crippen LogP contribution in [0.4, 0.5) is 4.79 Å². The Balaban J connectivity index is 1.76. The quantitative estimate of drug-likeness (QED) is 0.685. The third-order valence-electron chi connectivity index (χ3n) is 3.83. The number of ether oxygens (including phenoxy) is 1. The monoisotopic (exact) mass is 348 g/mol. The zero-order valence-electron chi connectivity index (χ0n) is 13.6. The number of carbonyl (C=O) groups is 4. The minimum atomic E-state index is -1.20. The molecule has 1 aromatic rings. The summed E-state index contributed by atoms with van der Waals surface area (Å²) < 4.78 is 4.99. The van der Waals surface area contributed by atoms with Crippen molar-refractivity contribution >= 4 is 23.9 Å². The second-order valence-electron chi connectivity index (χ2n) is 5.68. The number of carboxylic acids is 1. The Morgan fingerprint density at radius 2 is 1.80 bits per heavy atom. The fourth-order valence-corrected chi connectivity index (χ4v) is 2.49. The van der Waals surface area contributed by atoms with E-state index in [1.165, 1.54) is 0 Å². The van der Waals surface area contributed by atoms with Gasteiger partial charge in [0.05, 0.1) is 0 Å². The first-order chi connectivity index (χ1) is 12.0. The number of nitrogens with zero attached hydrogens (tertiary/aromatic N) is 1. The zero-order chi connectivity index (χ0) is 18.2. The number of hydrogen-bond acceptors (Lipinski definition) is 5. The molecule has 1 fully saturated rings. The molecule has 0 saturated carbocycles. The molecule has 1 aliphatic rings. The highest BCUT2D eigenvalue weighted by Gasteiger charge is 2.29. The number of amides is 3. The van der Waals surface area contributed by atoms with E-state index in [1.54, 1.807) is 24.3 Å². The maximum absolute atomic E-state index is 11.7. The van der Waals surface area contributed by atoms with E-state index in [-0.39, 0.29) is 50.6 Å². The Morgan fingerprint density at radius 1 is 1.16 bits per heavy atom. The highest BCUT2D eigenvalue weighted by molar-refractivity contribution is 6.01. The van der Waals surface area contributed by atoms with Crippen LogP contribution in [0.2, 0.25) is 0 Å². The van der Waals surface area contributed by atoms with E-state index in [0.29, 0.717) is 0 Å². The first-order valence-electron chi connectivity index (χ1n) is 8.00. The lowest BCUT2D eigenvalue weighted by Gasteiger charge is -2.17. The summed E-state index contributed by atoms with van der Waals surface area (Å²) in [6, 6.07) is 7.86. The zero-order valence-corrected chi connectivity index (χ0v) is 13.6. The summed E-state index contributed by atoms with van der Waals surface area (Å²) in [5.74, 6) is -1.69. The molecule has 0 unspecified atom stereocenters. The van der Waals surface area contributed by atoms with Gasteiger partial charge in [-0.15, -0.1) is 0 Å². The van der Waals surface area contributed by atoms with Crippen LogP contribution in [-0.4, -0.2) is 46.5 Å². The molecule has 2 N–H and O–H groups in total. The van der Waals surface area contributed by atoms with Crippen LogP contribution in [0.15, 0.2) is 30.3 Å². The van der Waals surface area contributed by atoms with E-state index >= 15 is 0 Å². The van der Waals surface area contributed by atoms with Crippen molar-refractivity contribution in [3.63, 3.8) is 0 Å². The van der Waals surface area contributed by atoms with Crippen molar-refractivity contribution in [2.75, 3.05) is 6.54 Å². The van der Waals surface area contributed by atoms with Crippen molar-refractivity contribution in [2.45, 2.75) is 38.3 Å². The lowest BCUT2D eigenvalue weighted by molar-refractivity contribution is -0.139. The molecule has 0 aromatic heterocycles. The molecular weight excluding hydrogens is 328 g/mol. The Kier molecular flexibility index (Phi) is 6.50. The average Bonchev–Trinajstić information content (AvgIpc) is 2.91. The van der Waals surface area contributed by atoms with E-state index in [1.807, 2.05) is 6.07 Å². The Hall–Kier alpha value is -2.90. The second kappa shape index (κ2) is 8.81. The molecule has 0 radical (unpaired) electrons. The van der Waals surface area contributed by atoms with Crippen molar-refractivity contribution in [1.29, 1.82) is 0 Å². The molecule has 8 heteroatoms. The molecule has 0 aliphatic carbocycles. The summed E-state index contributed by atoms with van der Waals surface area (Å²) in [4.78, 5) is 47.1. The number of likely N-dealkylation sites (tertiary alicyclic amines) is 1. The van der Waals surface area contributed by atoms with Crippen molar-refractivity contribution < 1.29 is 29.0 Å². The van der Waals surface area contributed by atoms with Gasteiger partial charge in [0.2, 0.25) is 11.8 Å². The van der Waals surface area contributed by atoms with Crippen molar-refractivity contribution in [2.24, 2.45) is 0 Å². The predicted molar refractivity (Wildman–Crippen MR) is 86.4 cm³/mol. The summed E-state index contributed by atoms with van der Waals surface area (Å²) >= 11 is 0. The van der Waals surface area contributed by atoms with Crippen molar-refractivity contribution in [1.82, 2.24) is 10.2 Å². The molecule has 0 bridgehead atoms. The normalized spacial score (nSPS) is 15.1. The third-order valence-corrected chi connectivity index (χ3v) is 3.83. The van der Waals surface area contributed by atoms with Crippen molar-refractivity contribution in [3.05, 3.63) is 35.9 Å². The summed E-state index contributed by atoms with van der Waals surface area (Å²) in [6.07, 6.45) is -0.0545. The largest absolute Gasteiger partial charge is 0.480 e. The Labute approximate surface area is 144 Å². The van der Waals surface area contributed by atoms with Crippen LogP contribution in [0, 0.1) is 0 Å². The van der Waals surface area contributed by atoms with Gasteiger partial charge in [-0.2, -0.15) is 0 Å². The molecule has 1 aromatic carbocycles. The van der Waals surface area contributed by atoms with Gasteiger partial charge in [0, 0.05) is 19.4 Å². The molecule has 2 rings (SSSR count). The molecule has 3 amide bonds. The van der Waals surface area contributed by atoms with E-state index in [0.717, 1.165) is 10.5 Å². The van der Waals surface area contributed by atoms with Crippen LogP contribution in [0.25, 0.3) is 0 Å². The fourth-order valence-electron chi connectivity index (χ4n) is 2.49. The number of benzene rings is 1. The average molecular weight is 348 g/mol. The van der Waals surface area contributed by atoms with Crippen LogP contribution in [0.3, 0.4) is 0 Å². The molecule has 0 spiro atoms. The topological polar surface area (TPSA) is 113 Å². The van der Waals surface area contributed by atoms with Gasteiger partial charge in [0.1, 0.15) is 12.6 Å². The molecule has 1 aliphatic heterocycles. The van der Waals surface area contributed by atoms with Crippen molar-refractivity contribution in [3.8, 4) is 0 Å². The van der Waals surface area contributed by atoms with Gasteiger partial charge >= 0.3 is 12.1 Å². The molecule has 1 saturated heterocycles. The second-order valence-corrected chi connectivity index (χ2v) is 5.68. The minimum absolute atomic E-state index is 0.0375. The van der Waals surface area contributed by atoms with Crippen LogP contribution < -0.4 is 5.32 Å².